The molecule has 0 radical (unpaired) electrons. The van der Waals surface area contributed by atoms with Crippen molar-refractivity contribution in [2.75, 3.05) is 5.75 Å². The second-order valence-corrected chi connectivity index (χ2v) is 9.68. The molecule has 140 valence electrons. The predicted octanol–water partition coefficient (Wildman–Crippen LogP) is 5.46. The van der Waals surface area contributed by atoms with Gasteiger partial charge >= 0.3 is 0 Å². The molecule has 0 saturated carbocycles. The minimum Gasteiger partial charge on any atom is -0.298 e. The zero-order valence-corrected chi connectivity index (χ0v) is 17.2. The van der Waals surface area contributed by atoms with Crippen molar-refractivity contribution in [2.24, 2.45) is 0 Å². The molecular weight excluding hydrogens is 342 g/mol. The molecule has 3 nitrogen and oxygen atoms in total. The molecule has 0 amide bonds. The molecule has 0 aliphatic carbocycles. The van der Waals surface area contributed by atoms with Crippen LogP contribution < -0.4 is 0 Å². The molecule has 0 aliphatic rings. The summed E-state index contributed by atoms with van der Waals surface area (Å²) in [5.74, 6) is 0.253. The summed E-state index contributed by atoms with van der Waals surface area (Å²) in [5, 5.41) is 0. The lowest BCUT2D eigenvalue weighted by Gasteiger charge is -2.19. The molecule has 0 aliphatic heterocycles. The average molecular weight is 372 g/mol. The van der Waals surface area contributed by atoms with Gasteiger partial charge in [-0.3, -0.25) is 4.79 Å². The van der Waals surface area contributed by atoms with Crippen molar-refractivity contribution < 1.29 is 9.00 Å². The molecule has 0 bridgehead atoms. The number of Topliss-reactive ketones (excluding diaryl/α,β-unsaturated/α-hetero) is 1. The number of hydrogen-bond acceptors (Lipinski definition) is 3. The zero-order valence-electron chi connectivity index (χ0n) is 16.3. The summed E-state index contributed by atoms with van der Waals surface area (Å²) in [4.78, 5) is 13.1. The van der Waals surface area contributed by atoms with E-state index in [2.05, 4.69) is 39.8 Å². The van der Waals surface area contributed by atoms with Crippen molar-refractivity contribution in [2.45, 2.75) is 57.8 Å². The lowest BCUT2D eigenvalue weighted by molar-refractivity contribution is -0.116. The van der Waals surface area contributed by atoms with Crippen molar-refractivity contribution in [1.29, 1.82) is 4.78 Å². The monoisotopic (exact) mass is 371 g/mol. The van der Waals surface area contributed by atoms with Crippen molar-refractivity contribution in [3.8, 4) is 0 Å². The van der Waals surface area contributed by atoms with Crippen LogP contribution in [0.5, 0.6) is 0 Å². The Morgan fingerprint density at radius 3 is 1.92 bits per heavy atom. The molecule has 0 spiro atoms. The van der Waals surface area contributed by atoms with Crippen LogP contribution in [0.2, 0.25) is 0 Å². The van der Waals surface area contributed by atoms with Crippen LogP contribution in [-0.4, -0.2) is 15.7 Å². The Hall–Kier alpha value is -1.94. The summed E-state index contributed by atoms with van der Waals surface area (Å²) >= 11 is 0. The highest BCUT2D eigenvalue weighted by molar-refractivity contribution is 7.93. The number of ketones is 1. The molecule has 0 unspecified atom stereocenters. The predicted molar refractivity (Wildman–Crippen MR) is 109 cm³/mol. The quantitative estimate of drug-likeness (QED) is 0.702. The van der Waals surface area contributed by atoms with Gasteiger partial charge in [-0.25, -0.2) is 8.99 Å². The fourth-order valence-electron chi connectivity index (χ4n) is 3.23. The van der Waals surface area contributed by atoms with E-state index < -0.39 is 9.73 Å². The lowest BCUT2D eigenvalue weighted by Crippen LogP contribution is -2.19. The fourth-order valence-corrected chi connectivity index (χ4v) is 4.52. The maximum Gasteiger partial charge on any atom is 0.150 e. The summed E-state index contributed by atoms with van der Waals surface area (Å²) in [5.41, 5.74) is 4.41. The van der Waals surface area contributed by atoms with Crippen LogP contribution in [0, 0.1) is 11.7 Å². The Morgan fingerprint density at radius 2 is 1.46 bits per heavy atom. The molecule has 0 saturated heterocycles. The Bertz CT molecular complexity index is 853. The largest absolute Gasteiger partial charge is 0.298 e. The van der Waals surface area contributed by atoms with Crippen LogP contribution in [0.3, 0.4) is 0 Å². The number of carbonyl (C=O) groups is 1. The van der Waals surface area contributed by atoms with Crippen LogP contribution in [0.15, 0.2) is 47.4 Å². The fraction of sp³-hybridized carbons (Fsp3) is 0.409. The highest BCUT2D eigenvalue weighted by Crippen LogP contribution is 2.28. The van der Waals surface area contributed by atoms with E-state index in [-0.39, 0.29) is 18.0 Å². The summed E-state index contributed by atoms with van der Waals surface area (Å²) in [7, 11) is -3.11. The van der Waals surface area contributed by atoms with E-state index in [1.807, 2.05) is 25.1 Å². The number of aryl methyl sites for hydroxylation is 1. The highest BCUT2D eigenvalue weighted by Gasteiger charge is 2.20. The number of hydrogen-bond donors (Lipinski definition) is 1. The van der Waals surface area contributed by atoms with Gasteiger partial charge in [0.15, 0.2) is 5.78 Å². The van der Waals surface area contributed by atoms with E-state index in [0.29, 0.717) is 16.7 Å². The SMILES string of the molecule is Cc1ccc([S@@](=N)(=O)CC(=O)Cc2c(C(C)C)cccc2C(C)C)cc1. The molecular formula is C22H29NO2S. The first-order valence-electron chi connectivity index (χ1n) is 9.08. The summed E-state index contributed by atoms with van der Waals surface area (Å²) in [6, 6.07) is 13.2. The molecule has 1 atom stereocenters. The minimum absolute atomic E-state index is 0.138. The van der Waals surface area contributed by atoms with E-state index in [4.69, 9.17) is 4.78 Å². The Morgan fingerprint density at radius 1 is 0.962 bits per heavy atom. The van der Waals surface area contributed by atoms with Gasteiger partial charge in [0, 0.05) is 11.3 Å². The van der Waals surface area contributed by atoms with Gasteiger partial charge in [0.2, 0.25) is 0 Å². The van der Waals surface area contributed by atoms with Crippen molar-refractivity contribution in [3.63, 3.8) is 0 Å². The topological polar surface area (TPSA) is 58.0 Å². The molecule has 0 heterocycles. The Labute approximate surface area is 157 Å². The van der Waals surface area contributed by atoms with E-state index in [1.165, 1.54) is 0 Å². The number of carbonyl (C=O) groups excluding carboxylic acids is 1. The summed E-state index contributed by atoms with van der Waals surface area (Å²) in [6.45, 7) is 10.4. The third-order valence-electron chi connectivity index (χ3n) is 4.63. The Balaban J connectivity index is 2.29. The number of nitrogens with one attached hydrogen (secondary N) is 1. The normalized spacial score (nSPS) is 13.8. The first kappa shape index (κ1) is 20.4. The first-order chi connectivity index (χ1) is 12.1. The van der Waals surface area contributed by atoms with Crippen LogP contribution in [-0.2, 0) is 20.9 Å². The molecule has 0 fully saturated rings. The van der Waals surface area contributed by atoms with Gasteiger partial charge in [-0.05, 0) is 47.6 Å². The van der Waals surface area contributed by atoms with Crippen molar-refractivity contribution >= 4 is 15.5 Å². The van der Waals surface area contributed by atoms with Crippen molar-refractivity contribution in [1.82, 2.24) is 0 Å². The van der Waals surface area contributed by atoms with E-state index in [1.54, 1.807) is 12.1 Å². The second kappa shape index (κ2) is 8.17. The minimum atomic E-state index is -3.11. The van der Waals surface area contributed by atoms with Crippen LogP contribution >= 0.6 is 0 Å². The average Bonchev–Trinajstić information content (AvgIpc) is 2.54. The number of benzene rings is 2. The van der Waals surface area contributed by atoms with Crippen LogP contribution in [0.4, 0.5) is 0 Å². The first-order valence-corrected chi connectivity index (χ1v) is 10.8. The maximum atomic E-state index is 12.8. The standard InChI is InChI=1S/C22H29NO2S/c1-15(2)20-7-6-8-21(16(3)4)22(20)13-18(24)14-26(23,25)19-11-9-17(5)10-12-19/h6-12,15-16,23H,13-14H2,1-5H3/t26-/m0/s1. The maximum absolute atomic E-state index is 12.8. The van der Waals surface area contributed by atoms with E-state index in [9.17, 15) is 9.00 Å². The zero-order chi connectivity index (χ0) is 19.5. The van der Waals surface area contributed by atoms with Gasteiger partial charge < -0.3 is 0 Å². The molecule has 0 aromatic heterocycles. The highest BCUT2D eigenvalue weighted by atomic mass is 32.2. The molecule has 2 aromatic rings. The molecule has 4 heteroatoms. The van der Waals surface area contributed by atoms with Gasteiger partial charge in [0.05, 0.1) is 15.5 Å². The van der Waals surface area contributed by atoms with Gasteiger partial charge in [-0.1, -0.05) is 63.6 Å². The summed E-state index contributed by atoms with van der Waals surface area (Å²) in [6.07, 6.45) is 0.240. The van der Waals surface area contributed by atoms with Gasteiger partial charge in [-0.15, -0.1) is 0 Å². The third kappa shape index (κ3) is 4.82. The molecule has 2 rings (SSSR count). The number of rotatable bonds is 7. The summed E-state index contributed by atoms with van der Waals surface area (Å²) < 4.78 is 21.0. The smallest absolute Gasteiger partial charge is 0.150 e. The molecule has 26 heavy (non-hydrogen) atoms. The van der Waals surface area contributed by atoms with Gasteiger partial charge in [-0.2, -0.15) is 0 Å². The third-order valence-corrected chi connectivity index (χ3v) is 6.39. The van der Waals surface area contributed by atoms with Crippen LogP contribution in [0.1, 0.15) is 61.8 Å². The molecule has 2 aromatic carbocycles. The van der Waals surface area contributed by atoms with Crippen LogP contribution in [0.25, 0.3) is 0 Å². The van der Waals surface area contributed by atoms with E-state index >= 15 is 0 Å². The second-order valence-electron chi connectivity index (χ2n) is 7.57. The van der Waals surface area contributed by atoms with E-state index in [0.717, 1.165) is 22.3 Å². The van der Waals surface area contributed by atoms with Crippen molar-refractivity contribution in [3.05, 3.63) is 64.7 Å². The van der Waals surface area contributed by atoms with Gasteiger partial charge in [0.1, 0.15) is 0 Å². The van der Waals surface area contributed by atoms with Gasteiger partial charge in [0.25, 0.3) is 0 Å². The Kier molecular flexibility index (Phi) is 6.40. The lowest BCUT2D eigenvalue weighted by atomic mass is 9.86. The molecule has 1 N–H and O–H groups in total.